The number of para-hydroxylation sites is 1. The maximum atomic E-state index is 9.43. The van der Waals surface area contributed by atoms with Crippen molar-refractivity contribution in [1.82, 2.24) is 4.98 Å². The predicted octanol–water partition coefficient (Wildman–Crippen LogP) is 1.54. The Morgan fingerprint density at radius 3 is 2.72 bits per heavy atom. The summed E-state index contributed by atoms with van der Waals surface area (Å²) in [5.74, 6) is 0.720. The van der Waals surface area contributed by atoms with E-state index in [0.29, 0.717) is 6.54 Å². The summed E-state index contributed by atoms with van der Waals surface area (Å²) in [4.78, 5) is 6.42. The highest BCUT2D eigenvalue weighted by molar-refractivity contribution is 5.81. The molecule has 2 aromatic rings. The minimum atomic E-state index is -0.435. The normalized spacial score (nSPS) is 12.7. The molecule has 0 spiro atoms. The van der Waals surface area contributed by atoms with Gasteiger partial charge in [-0.15, -0.1) is 0 Å². The van der Waals surface area contributed by atoms with Crippen LogP contribution >= 0.6 is 0 Å². The van der Waals surface area contributed by atoms with Gasteiger partial charge < -0.3 is 15.1 Å². The zero-order valence-corrected chi connectivity index (χ0v) is 10.7. The van der Waals surface area contributed by atoms with E-state index < -0.39 is 6.10 Å². The van der Waals surface area contributed by atoms with Crippen LogP contribution in [-0.4, -0.2) is 34.9 Å². The summed E-state index contributed by atoms with van der Waals surface area (Å²) in [5, 5.41) is 19.9. The van der Waals surface area contributed by atoms with Crippen LogP contribution in [0.5, 0.6) is 0 Å². The highest BCUT2D eigenvalue weighted by Gasteiger charge is 2.12. The van der Waals surface area contributed by atoms with Crippen molar-refractivity contribution in [2.75, 3.05) is 18.5 Å². The fourth-order valence-corrected chi connectivity index (χ4v) is 2.08. The highest BCUT2D eigenvalue weighted by Crippen LogP contribution is 2.23. The van der Waals surface area contributed by atoms with E-state index in [2.05, 4.69) is 4.98 Å². The molecular formula is C14H18N2O2. The maximum Gasteiger partial charge on any atom is 0.134 e. The van der Waals surface area contributed by atoms with Crippen molar-refractivity contribution in [3.8, 4) is 0 Å². The Kier molecular flexibility index (Phi) is 3.79. The van der Waals surface area contributed by atoms with E-state index in [9.17, 15) is 10.2 Å². The third-order valence-corrected chi connectivity index (χ3v) is 2.85. The van der Waals surface area contributed by atoms with Crippen molar-refractivity contribution in [2.45, 2.75) is 19.6 Å². The molecule has 0 bridgehead atoms. The number of likely N-dealkylation sites (N-methyl/N-ethyl adjacent to an activating group) is 1. The van der Waals surface area contributed by atoms with Crippen LogP contribution in [-0.2, 0) is 6.61 Å². The van der Waals surface area contributed by atoms with Crippen molar-refractivity contribution in [3.05, 3.63) is 35.9 Å². The van der Waals surface area contributed by atoms with Crippen LogP contribution in [0.25, 0.3) is 10.9 Å². The standard InChI is InChI=1S/C14H18N2O2/c1-10(18)8-16(2)14-12(9-17)7-11-5-3-4-6-13(11)15-14/h3-7,10,17-18H,8-9H2,1-2H3. The first-order valence-electron chi connectivity index (χ1n) is 6.00. The molecule has 1 unspecified atom stereocenters. The summed E-state index contributed by atoms with van der Waals surface area (Å²) < 4.78 is 0. The molecular weight excluding hydrogens is 228 g/mol. The van der Waals surface area contributed by atoms with Gasteiger partial charge in [0, 0.05) is 24.5 Å². The van der Waals surface area contributed by atoms with Gasteiger partial charge in [-0.2, -0.15) is 0 Å². The molecule has 0 aliphatic carbocycles. The Morgan fingerprint density at radius 1 is 1.33 bits per heavy atom. The Morgan fingerprint density at radius 2 is 2.06 bits per heavy atom. The first kappa shape index (κ1) is 12.8. The van der Waals surface area contributed by atoms with Crippen LogP contribution in [0.15, 0.2) is 30.3 Å². The summed E-state index contributed by atoms with van der Waals surface area (Å²) in [6, 6.07) is 9.74. The predicted molar refractivity (Wildman–Crippen MR) is 72.6 cm³/mol. The smallest absolute Gasteiger partial charge is 0.134 e. The second-order valence-corrected chi connectivity index (χ2v) is 4.55. The molecule has 0 amide bonds. The number of anilines is 1. The largest absolute Gasteiger partial charge is 0.392 e. The SMILES string of the molecule is CC(O)CN(C)c1nc2ccccc2cc1CO. The number of pyridine rings is 1. The molecule has 2 rings (SSSR count). The summed E-state index contributed by atoms with van der Waals surface area (Å²) in [7, 11) is 1.86. The Hall–Kier alpha value is -1.65. The van der Waals surface area contributed by atoms with Crippen LogP contribution in [0.4, 0.5) is 5.82 Å². The van der Waals surface area contributed by atoms with Crippen molar-refractivity contribution >= 4 is 16.7 Å². The maximum absolute atomic E-state index is 9.43. The van der Waals surface area contributed by atoms with Gasteiger partial charge in [0.05, 0.1) is 18.2 Å². The zero-order chi connectivity index (χ0) is 13.1. The fourth-order valence-electron chi connectivity index (χ4n) is 2.08. The van der Waals surface area contributed by atoms with Crippen molar-refractivity contribution in [3.63, 3.8) is 0 Å². The van der Waals surface area contributed by atoms with E-state index in [4.69, 9.17) is 0 Å². The average molecular weight is 246 g/mol. The van der Waals surface area contributed by atoms with Gasteiger partial charge in [0.2, 0.25) is 0 Å². The number of aromatic nitrogens is 1. The number of rotatable bonds is 4. The first-order chi connectivity index (χ1) is 8.61. The minimum Gasteiger partial charge on any atom is -0.392 e. The molecule has 1 heterocycles. The number of fused-ring (bicyclic) bond motifs is 1. The third kappa shape index (κ3) is 2.60. The molecule has 2 N–H and O–H groups in total. The number of aliphatic hydroxyl groups is 2. The number of hydrogen-bond acceptors (Lipinski definition) is 4. The molecule has 0 saturated heterocycles. The van der Waals surface area contributed by atoms with Gasteiger partial charge >= 0.3 is 0 Å². The van der Waals surface area contributed by atoms with E-state index in [0.717, 1.165) is 22.3 Å². The van der Waals surface area contributed by atoms with E-state index in [1.54, 1.807) is 6.92 Å². The van der Waals surface area contributed by atoms with Gasteiger partial charge in [-0.25, -0.2) is 4.98 Å². The minimum absolute atomic E-state index is 0.0582. The number of hydrogen-bond donors (Lipinski definition) is 2. The molecule has 0 aliphatic heterocycles. The van der Waals surface area contributed by atoms with Crippen LogP contribution in [0.3, 0.4) is 0 Å². The Bertz CT molecular complexity index is 540. The van der Waals surface area contributed by atoms with Crippen molar-refractivity contribution in [1.29, 1.82) is 0 Å². The molecule has 1 aromatic heterocycles. The zero-order valence-electron chi connectivity index (χ0n) is 10.7. The molecule has 4 nitrogen and oxygen atoms in total. The lowest BCUT2D eigenvalue weighted by molar-refractivity contribution is 0.201. The molecule has 0 saturated carbocycles. The van der Waals surface area contributed by atoms with E-state index in [1.807, 2.05) is 42.3 Å². The molecule has 0 aliphatic rings. The summed E-state index contributed by atoms with van der Waals surface area (Å²) >= 11 is 0. The molecule has 1 aromatic carbocycles. The van der Waals surface area contributed by atoms with Crippen molar-refractivity contribution < 1.29 is 10.2 Å². The number of nitrogens with zero attached hydrogens (tertiary/aromatic N) is 2. The van der Waals surface area contributed by atoms with Gasteiger partial charge in [0.25, 0.3) is 0 Å². The summed E-state index contributed by atoms with van der Waals surface area (Å²) in [6.45, 7) is 2.16. The topological polar surface area (TPSA) is 56.6 Å². The molecule has 1 atom stereocenters. The van der Waals surface area contributed by atoms with Crippen LogP contribution < -0.4 is 4.90 Å². The lowest BCUT2D eigenvalue weighted by Crippen LogP contribution is -2.28. The number of aliphatic hydroxyl groups excluding tert-OH is 2. The van der Waals surface area contributed by atoms with Gasteiger partial charge in [-0.05, 0) is 19.1 Å². The quantitative estimate of drug-likeness (QED) is 0.859. The molecule has 0 fully saturated rings. The lowest BCUT2D eigenvalue weighted by atomic mass is 10.1. The second-order valence-electron chi connectivity index (χ2n) is 4.55. The second kappa shape index (κ2) is 5.33. The van der Waals surface area contributed by atoms with Crippen LogP contribution in [0.2, 0.25) is 0 Å². The Labute approximate surface area is 107 Å². The van der Waals surface area contributed by atoms with E-state index in [-0.39, 0.29) is 6.61 Å². The monoisotopic (exact) mass is 246 g/mol. The van der Waals surface area contributed by atoms with Gasteiger partial charge in [0.15, 0.2) is 0 Å². The summed E-state index contributed by atoms with van der Waals surface area (Å²) in [5.41, 5.74) is 1.67. The van der Waals surface area contributed by atoms with E-state index >= 15 is 0 Å². The Balaban J connectivity index is 2.47. The van der Waals surface area contributed by atoms with Crippen molar-refractivity contribution in [2.24, 2.45) is 0 Å². The molecule has 96 valence electrons. The van der Waals surface area contributed by atoms with Crippen LogP contribution in [0, 0.1) is 0 Å². The molecule has 18 heavy (non-hydrogen) atoms. The third-order valence-electron chi connectivity index (χ3n) is 2.85. The first-order valence-corrected chi connectivity index (χ1v) is 6.00. The highest BCUT2D eigenvalue weighted by atomic mass is 16.3. The average Bonchev–Trinajstić information content (AvgIpc) is 2.36. The number of benzene rings is 1. The fraction of sp³-hybridized carbons (Fsp3) is 0.357. The molecule has 0 radical (unpaired) electrons. The molecule has 4 heteroatoms. The van der Waals surface area contributed by atoms with Crippen LogP contribution in [0.1, 0.15) is 12.5 Å². The lowest BCUT2D eigenvalue weighted by Gasteiger charge is -2.22. The van der Waals surface area contributed by atoms with Gasteiger partial charge in [-0.3, -0.25) is 0 Å². The van der Waals surface area contributed by atoms with E-state index in [1.165, 1.54) is 0 Å². The van der Waals surface area contributed by atoms with Gasteiger partial charge in [-0.1, -0.05) is 18.2 Å². The summed E-state index contributed by atoms with van der Waals surface area (Å²) in [6.07, 6.45) is -0.435. The van der Waals surface area contributed by atoms with Gasteiger partial charge in [0.1, 0.15) is 5.82 Å².